The van der Waals surface area contributed by atoms with Gasteiger partial charge in [0.15, 0.2) is 9.84 Å². The normalized spacial score (nSPS) is 25.7. The Morgan fingerprint density at radius 1 is 1.38 bits per heavy atom. The average molecular weight is 208 g/mol. The molecule has 1 saturated heterocycles. The monoisotopic (exact) mass is 208 g/mol. The summed E-state index contributed by atoms with van der Waals surface area (Å²) in [4.78, 5) is 1.97. The molecule has 0 aromatic carbocycles. The second-order valence-corrected chi connectivity index (χ2v) is 5.70. The van der Waals surface area contributed by atoms with Crippen LogP contribution in [0.5, 0.6) is 0 Å². The van der Waals surface area contributed by atoms with Gasteiger partial charge in [0.2, 0.25) is 0 Å². The summed E-state index contributed by atoms with van der Waals surface area (Å²) in [6.45, 7) is 1.60. The second-order valence-electron chi connectivity index (χ2n) is 3.40. The summed E-state index contributed by atoms with van der Waals surface area (Å²) in [6.07, 6.45) is 0. The van der Waals surface area contributed by atoms with Crippen molar-refractivity contribution in [3.05, 3.63) is 0 Å². The Balaban J connectivity index is 2.33. The van der Waals surface area contributed by atoms with Crippen LogP contribution in [0, 0.1) is 0 Å². The highest BCUT2D eigenvalue weighted by molar-refractivity contribution is 7.91. The van der Waals surface area contributed by atoms with E-state index in [1.807, 2.05) is 4.90 Å². The molecule has 1 atom stereocenters. The summed E-state index contributed by atoms with van der Waals surface area (Å²) >= 11 is 0. The van der Waals surface area contributed by atoms with Crippen LogP contribution >= 0.6 is 0 Å². The Kier molecular flexibility index (Phi) is 3.66. The van der Waals surface area contributed by atoms with Gasteiger partial charge in [0.1, 0.15) is 0 Å². The lowest BCUT2D eigenvalue weighted by molar-refractivity contribution is 0.209. The van der Waals surface area contributed by atoms with Crippen molar-refractivity contribution in [2.75, 3.05) is 37.7 Å². The second kappa shape index (κ2) is 4.36. The van der Waals surface area contributed by atoms with Gasteiger partial charge in [-0.15, -0.1) is 0 Å². The third-order valence-electron chi connectivity index (χ3n) is 2.16. The van der Waals surface area contributed by atoms with E-state index in [1.165, 1.54) is 0 Å². The Hall–Kier alpha value is -0.170. The van der Waals surface area contributed by atoms with Crippen molar-refractivity contribution in [1.29, 1.82) is 0 Å². The van der Waals surface area contributed by atoms with Crippen LogP contribution in [0.2, 0.25) is 0 Å². The molecule has 0 bridgehead atoms. The van der Waals surface area contributed by atoms with Gasteiger partial charge in [-0.3, -0.25) is 4.90 Å². The van der Waals surface area contributed by atoms with Gasteiger partial charge < -0.3 is 10.8 Å². The molecular weight excluding hydrogens is 192 g/mol. The van der Waals surface area contributed by atoms with Gasteiger partial charge in [0.25, 0.3) is 0 Å². The van der Waals surface area contributed by atoms with E-state index in [1.54, 1.807) is 0 Å². The van der Waals surface area contributed by atoms with E-state index in [0.29, 0.717) is 19.6 Å². The highest BCUT2D eigenvalue weighted by Crippen LogP contribution is 2.03. The van der Waals surface area contributed by atoms with Crippen molar-refractivity contribution in [3.8, 4) is 0 Å². The van der Waals surface area contributed by atoms with Gasteiger partial charge in [-0.05, 0) is 0 Å². The van der Waals surface area contributed by atoms with Crippen molar-refractivity contribution in [2.45, 2.75) is 6.04 Å². The van der Waals surface area contributed by atoms with Gasteiger partial charge in [-0.2, -0.15) is 0 Å². The zero-order chi connectivity index (χ0) is 9.90. The van der Waals surface area contributed by atoms with E-state index in [-0.39, 0.29) is 24.2 Å². The topological polar surface area (TPSA) is 83.6 Å². The van der Waals surface area contributed by atoms with E-state index < -0.39 is 9.84 Å². The molecular formula is C7H16N2O3S. The summed E-state index contributed by atoms with van der Waals surface area (Å²) in [6, 6.07) is -0.263. The Morgan fingerprint density at radius 2 is 1.92 bits per heavy atom. The fourth-order valence-corrected chi connectivity index (χ4v) is 2.60. The number of nitrogens with zero attached hydrogens (tertiary/aromatic N) is 1. The van der Waals surface area contributed by atoms with Crippen molar-refractivity contribution < 1.29 is 13.5 Å². The first kappa shape index (κ1) is 10.9. The van der Waals surface area contributed by atoms with E-state index in [2.05, 4.69) is 0 Å². The minimum Gasteiger partial charge on any atom is -0.395 e. The first-order chi connectivity index (χ1) is 6.03. The molecule has 1 aliphatic heterocycles. The molecule has 1 fully saturated rings. The molecule has 5 nitrogen and oxygen atoms in total. The number of nitrogens with two attached hydrogens (primary N) is 1. The highest BCUT2D eigenvalue weighted by atomic mass is 32.2. The minimum atomic E-state index is -2.80. The molecule has 1 rings (SSSR count). The summed E-state index contributed by atoms with van der Waals surface area (Å²) in [7, 11) is -2.80. The summed E-state index contributed by atoms with van der Waals surface area (Å²) in [5.74, 6) is 0.427. The smallest absolute Gasteiger partial charge is 0.152 e. The first-order valence-corrected chi connectivity index (χ1v) is 6.15. The first-order valence-electron chi connectivity index (χ1n) is 4.33. The fourth-order valence-electron chi connectivity index (χ4n) is 1.32. The third kappa shape index (κ3) is 3.60. The number of sulfone groups is 1. The molecule has 1 aliphatic rings. The highest BCUT2D eigenvalue weighted by Gasteiger charge is 2.22. The molecule has 0 amide bonds. The van der Waals surface area contributed by atoms with Crippen LogP contribution in [0.15, 0.2) is 0 Å². The maximum absolute atomic E-state index is 11.0. The standard InChI is InChI=1S/C7H16N2O3S/c8-7(6-10)5-9-1-3-13(11,12)4-2-9/h7,10H,1-6,8H2. The van der Waals surface area contributed by atoms with Crippen LogP contribution in [-0.4, -0.2) is 62.2 Å². The van der Waals surface area contributed by atoms with Crippen molar-refractivity contribution in [2.24, 2.45) is 5.73 Å². The molecule has 1 heterocycles. The average Bonchev–Trinajstić information content (AvgIpc) is 2.08. The Morgan fingerprint density at radius 3 is 2.38 bits per heavy atom. The third-order valence-corrected chi connectivity index (χ3v) is 3.77. The van der Waals surface area contributed by atoms with Crippen LogP contribution in [0.1, 0.15) is 0 Å². The van der Waals surface area contributed by atoms with Gasteiger partial charge in [-0.25, -0.2) is 8.42 Å². The predicted octanol–water partition coefficient (Wildman–Crippen LogP) is -1.96. The zero-order valence-electron chi connectivity index (χ0n) is 7.52. The summed E-state index contributed by atoms with van der Waals surface area (Å²) < 4.78 is 22.1. The zero-order valence-corrected chi connectivity index (χ0v) is 8.33. The lowest BCUT2D eigenvalue weighted by Gasteiger charge is -2.28. The van der Waals surface area contributed by atoms with Crippen LogP contribution in [0.3, 0.4) is 0 Å². The van der Waals surface area contributed by atoms with Crippen LogP contribution in [-0.2, 0) is 9.84 Å². The molecule has 3 N–H and O–H groups in total. The quantitative estimate of drug-likeness (QED) is 0.562. The lowest BCUT2D eigenvalue weighted by Crippen LogP contribution is -2.46. The summed E-state index contributed by atoms with van der Waals surface area (Å²) in [5.41, 5.74) is 5.53. The van der Waals surface area contributed by atoms with Gasteiger partial charge in [0, 0.05) is 25.7 Å². The van der Waals surface area contributed by atoms with Crippen molar-refractivity contribution >= 4 is 9.84 Å². The minimum absolute atomic E-state index is 0.0523. The number of hydrogen-bond acceptors (Lipinski definition) is 5. The van der Waals surface area contributed by atoms with Crippen molar-refractivity contribution in [3.63, 3.8) is 0 Å². The molecule has 0 spiro atoms. The number of aliphatic hydroxyl groups excluding tert-OH is 1. The molecule has 0 radical (unpaired) electrons. The van der Waals surface area contributed by atoms with Gasteiger partial charge in [-0.1, -0.05) is 0 Å². The van der Waals surface area contributed by atoms with Gasteiger partial charge in [0.05, 0.1) is 18.1 Å². The van der Waals surface area contributed by atoms with Gasteiger partial charge >= 0.3 is 0 Å². The molecule has 0 aromatic heterocycles. The van der Waals surface area contributed by atoms with E-state index in [0.717, 1.165) is 0 Å². The van der Waals surface area contributed by atoms with Crippen molar-refractivity contribution in [1.82, 2.24) is 4.90 Å². The van der Waals surface area contributed by atoms with E-state index >= 15 is 0 Å². The van der Waals surface area contributed by atoms with Crippen LogP contribution < -0.4 is 5.73 Å². The predicted molar refractivity (Wildman–Crippen MR) is 50.2 cm³/mol. The molecule has 0 saturated carbocycles. The SMILES string of the molecule is NC(CO)CN1CCS(=O)(=O)CC1. The molecule has 0 aliphatic carbocycles. The van der Waals surface area contributed by atoms with E-state index in [4.69, 9.17) is 10.8 Å². The number of rotatable bonds is 3. The largest absolute Gasteiger partial charge is 0.395 e. The molecule has 13 heavy (non-hydrogen) atoms. The Bertz CT molecular complexity index is 238. The summed E-state index contributed by atoms with van der Waals surface area (Å²) in [5, 5.41) is 8.70. The van der Waals surface area contributed by atoms with Crippen LogP contribution in [0.4, 0.5) is 0 Å². The maximum Gasteiger partial charge on any atom is 0.152 e. The fraction of sp³-hybridized carbons (Fsp3) is 1.00. The molecule has 1 unspecified atom stereocenters. The lowest BCUT2D eigenvalue weighted by atomic mass is 10.3. The molecule has 0 aromatic rings. The molecule has 78 valence electrons. The van der Waals surface area contributed by atoms with Crippen LogP contribution in [0.25, 0.3) is 0 Å². The maximum atomic E-state index is 11.0. The number of hydrogen-bond donors (Lipinski definition) is 2. The molecule has 6 heteroatoms. The van der Waals surface area contributed by atoms with E-state index in [9.17, 15) is 8.42 Å². The Labute approximate surface area is 78.4 Å². The number of aliphatic hydroxyl groups is 1.